The zero-order valence-electron chi connectivity index (χ0n) is 15.1. The molecule has 0 unspecified atom stereocenters. The molecule has 3 aromatic rings. The number of hydrogen-bond acceptors (Lipinski definition) is 4. The third kappa shape index (κ3) is 4.80. The first kappa shape index (κ1) is 17.4. The average Bonchev–Trinajstić information content (AvgIpc) is 3.35. The van der Waals surface area contributed by atoms with Crippen LogP contribution in [-0.4, -0.2) is 26.7 Å². The Labute approximate surface area is 158 Å². The van der Waals surface area contributed by atoms with Crippen LogP contribution in [0.2, 0.25) is 0 Å². The normalized spacial score (nSPS) is 14.7. The number of carbonyl (C=O) groups excluding carboxylic acids is 1. The van der Waals surface area contributed by atoms with Crippen molar-refractivity contribution >= 4 is 5.91 Å². The maximum atomic E-state index is 12.7. The molecule has 2 N–H and O–H groups in total. The van der Waals surface area contributed by atoms with Gasteiger partial charge >= 0.3 is 0 Å². The van der Waals surface area contributed by atoms with Gasteiger partial charge in [-0.25, -0.2) is 9.67 Å². The van der Waals surface area contributed by atoms with Crippen LogP contribution >= 0.6 is 0 Å². The van der Waals surface area contributed by atoms with E-state index in [-0.39, 0.29) is 11.9 Å². The van der Waals surface area contributed by atoms with Crippen molar-refractivity contribution in [1.29, 1.82) is 0 Å². The minimum absolute atomic E-state index is 0.0440. The molecule has 1 saturated carbocycles. The van der Waals surface area contributed by atoms with Gasteiger partial charge in [0.15, 0.2) is 0 Å². The molecule has 1 atom stereocenters. The van der Waals surface area contributed by atoms with Gasteiger partial charge in [0.05, 0.1) is 6.54 Å². The number of nitrogens with one attached hydrogen (secondary N) is 2. The summed E-state index contributed by atoms with van der Waals surface area (Å²) in [6.45, 7) is 1.29. The summed E-state index contributed by atoms with van der Waals surface area (Å²) >= 11 is 0. The van der Waals surface area contributed by atoms with Gasteiger partial charge in [-0.05, 0) is 29.5 Å². The molecule has 1 aromatic heterocycles. The second-order valence-electron chi connectivity index (χ2n) is 6.92. The lowest BCUT2D eigenvalue weighted by Crippen LogP contribution is -2.38. The summed E-state index contributed by atoms with van der Waals surface area (Å²) < 4.78 is 1.79. The summed E-state index contributed by atoms with van der Waals surface area (Å²) in [4.78, 5) is 16.7. The predicted octanol–water partition coefficient (Wildman–Crippen LogP) is 2.44. The molecule has 1 fully saturated rings. The van der Waals surface area contributed by atoms with Crippen molar-refractivity contribution in [3.63, 3.8) is 0 Å². The van der Waals surface area contributed by atoms with Gasteiger partial charge in [0.1, 0.15) is 18.7 Å². The topological polar surface area (TPSA) is 71.8 Å². The standard InChI is InChI=1S/C21H23N5O/c27-21(25-19-9-10-19)20(18-7-2-1-3-8-18)23-12-16-5-4-6-17(11-16)13-26-15-22-14-24-26/h1-8,11,14-15,19-20,23H,9-10,12-13H2,(H,25,27)/t20-/m0/s1. The van der Waals surface area contributed by atoms with Crippen molar-refractivity contribution in [2.45, 2.75) is 38.0 Å². The highest BCUT2D eigenvalue weighted by molar-refractivity contribution is 5.83. The molecule has 0 aliphatic heterocycles. The van der Waals surface area contributed by atoms with Crippen LogP contribution < -0.4 is 10.6 Å². The molecule has 0 bridgehead atoms. The van der Waals surface area contributed by atoms with Crippen LogP contribution in [0.4, 0.5) is 0 Å². The Hall–Kier alpha value is -2.99. The Morgan fingerprint density at radius 1 is 1.11 bits per heavy atom. The minimum Gasteiger partial charge on any atom is -0.352 e. The molecule has 4 rings (SSSR count). The van der Waals surface area contributed by atoms with Gasteiger partial charge in [-0.2, -0.15) is 5.10 Å². The van der Waals surface area contributed by atoms with Crippen molar-refractivity contribution in [2.75, 3.05) is 0 Å². The van der Waals surface area contributed by atoms with E-state index in [1.807, 2.05) is 36.4 Å². The SMILES string of the molecule is O=C(NC1CC1)[C@@H](NCc1cccc(Cn2cncn2)c1)c1ccccc1. The second kappa shape index (κ2) is 8.14. The second-order valence-corrected chi connectivity index (χ2v) is 6.92. The average molecular weight is 361 g/mol. The van der Waals surface area contributed by atoms with E-state index >= 15 is 0 Å². The number of benzene rings is 2. The van der Waals surface area contributed by atoms with E-state index in [1.165, 1.54) is 6.33 Å². The molecule has 0 spiro atoms. The fourth-order valence-corrected chi connectivity index (χ4v) is 3.08. The third-order valence-electron chi connectivity index (χ3n) is 4.63. The summed E-state index contributed by atoms with van der Waals surface area (Å²) in [5, 5.41) is 10.7. The number of amides is 1. The van der Waals surface area contributed by atoms with Crippen LogP contribution in [0.15, 0.2) is 67.3 Å². The van der Waals surface area contributed by atoms with Crippen LogP contribution in [0, 0.1) is 0 Å². The van der Waals surface area contributed by atoms with E-state index in [9.17, 15) is 4.79 Å². The van der Waals surface area contributed by atoms with Gasteiger partial charge < -0.3 is 5.32 Å². The fraction of sp³-hybridized carbons (Fsp3) is 0.286. The van der Waals surface area contributed by atoms with Gasteiger partial charge in [0, 0.05) is 12.6 Å². The van der Waals surface area contributed by atoms with Gasteiger partial charge in [-0.3, -0.25) is 10.1 Å². The Morgan fingerprint density at radius 3 is 2.67 bits per heavy atom. The highest BCUT2D eigenvalue weighted by atomic mass is 16.2. The Balaban J connectivity index is 1.44. The number of carbonyl (C=O) groups is 1. The molecular weight excluding hydrogens is 338 g/mol. The molecule has 6 nitrogen and oxygen atoms in total. The Morgan fingerprint density at radius 2 is 1.93 bits per heavy atom. The van der Waals surface area contributed by atoms with E-state index in [1.54, 1.807) is 11.0 Å². The molecule has 1 aliphatic rings. The quantitative estimate of drug-likeness (QED) is 0.646. The molecule has 138 valence electrons. The van der Waals surface area contributed by atoms with Crippen molar-refractivity contribution in [3.05, 3.63) is 83.9 Å². The molecule has 27 heavy (non-hydrogen) atoms. The lowest BCUT2D eigenvalue weighted by atomic mass is 10.0. The number of rotatable bonds is 8. The van der Waals surface area contributed by atoms with Crippen LogP contribution in [0.25, 0.3) is 0 Å². The zero-order valence-corrected chi connectivity index (χ0v) is 15.1. The van der Waals surface area contributed by atoms with Crippen LogP contribution in [0.5, 0.6) is 0 Å². The Kier molecular flexibility index (Phi) is 5.25. The number of aromatic nitrogens is 3. The molecule has 2 aromatic carbocycles. The maximum Gasteiger partial charge on any atom is 0.241 e. The summed E-state index contributed by atoms with van der Waals surface area (Å²) in [5.74, 6) is 0.0440. The van der Waals surface area contributed by atoms with Crippen LogP contribution in [-0.2, 0) is 17.9 Å². The van der Waals surface area contributed by atoms with E-state index in [0.29, 0.717) is 19.1 Å². The van der Waals surface area contributed by atoms with Crippen molar-refractivity contribution < 1.29 is 4.79 Å². The summed E-state index contributed by atoms with van der Waals surface area (Å²) in [7, 11) is 0. The fourth-order valence-electron chi connectivity index (χ4n) is 3.08. The molecule has 0 saturated heterocycles. The Bertz CT molecular complexity index is 875. The monoisotopic (exact) mass is 361 g/mol. The zero-order chi connectivity index (χ0) is 18.5. The summed E-state index contributed by atoms with van der Waals surface area (Å²) in [6.07, 6.45) is 5.40. The highest BCUT2D eigenvalue weighted by Crippen LogP contribution is 2.21. The largest absolute Gasteiger partial charge is 0.352 e. The smallest absolute Gasteiger partial charge is 0.241 e. The molecule has 0 radical (unpaired) electrons. The van der Waals surface area contributed by atoms with Crippen molar-refractivity contribution in [3.8, 4) is 0 Å². The first-order valence-electron chi connectivity index (χ1n) is 9.27. The highest BCUT2D eigenvalue weighted by Gasteiger charge is 2.28. The van der Waals surface area contributed by atoms with Crippen LogP contribution in [0.3, 0.4) is 0 Å². The first-order chi connectivity index (χ1) is 13.3. The summed E-state index contributed by atoms with van der Waals surface area (Å²) in [5.41, 5.74) is 3.26. The molecule has 1 aliphatic carbocycles. The number of nitrogens with zero attached hydrogens (tertiary/aromatic N) is 3. The van der Waals surface area contributed by atoms with E-state index in [2.05, 4.69) is 38.9 Å². The lowest BCUT2D eigenvalue weighted by Gasteiger charge is -2.19. The van der Waals surface area contributed by atoms with Crippen molar-refractivity contribution in [2.24, 2.45) is 0 Å². The van der Waals surface area contributed by atoms with E-state index in [0.717, 1.165) is 29.5 Å². The molecule has 1 amide bonds. The van der Waals surface area contributed by atoms with E-state index < -0.39 is 0 Å². The predicted molar refractivity (Wildman–Crippen MR) is 103 cm³/mol. The first-order valence-corrected chi connectivity index (χ1v) is 9.27. The van der Waals surface area contributed by atoms with Gasteiger partial charge in [-0.1, -0.05) is 54.6 Å². The van der Waals surface area contributed by atoms with Crippen molar-refractivity contribution in [1.82, 2.24) is 25.4 Å². The van der Waals surface area contributed by atoms with Gasteiger partial charge in [-0.15, -0.1) is 0 Å². The maximum absolute atomic E-state index is 12.7. The van der Waals surface area contributed by atoms with E-state index in [4.69, 9.17) is 0 Å². The number of hydrogen-bond donors (Lipinski definition) is 2. The molecule has 6 heteroatoms. The minimum atomic E-state index is -0.356. The van der Waals surface area contributed by atoms with Crippen LogP contribution in [0.1, 0.15) is 35.6 Å². The third-order valence-corrected chi connectivity index (χ3v) is 4.63. The summed E-state index contributed by atoms with van der Waals surface area (Å²) in [6, 6.07) is 18.2. The lowest BCUT2D eigenvalue weighted by molar-refractivity contribution is -0.123. The van der Waals surface area contributed by atoms with Gasteiger partial charge in [0.25, 0.3) is 0 Å². The molecular formula is C21H23N5O. The molecule has 1 heterocycles. The van der Waals surface area contributed by atoms with Gasteiger partial charge in [0.2, 0.25) is 5.91 Å².